The van der Waals surface area contributed by atoms with Gasteiger partial charge in [0.25, 0.3) is 0 Å². The maximum atomic E-state index is 11.3. The van der Waals surface area contributed by atoms with Gasteiger partial charge >= 0.3 is 0 Å². The van der Waals surface area contributed by atoms with Crippen LogP contribution in [0.3, 0.4) is 0 Å². The second-order valence-electron chi connectivity index (χ2n) is 3.36. The molecule has 0 saturated heterocycles. The van der Waals surface area contributed by atoms with Gasteiger partial charge < -0.3 is 4.74 Å². The molecule has 0 amide bonds. The van der Waals surface area contributed by atoms with Crippen LogP contribution in [0, 0.1) is 6.92 Å². The van der Waals surface area contributed by atoms with Crippen molar-refractivity contribution in [2.75, 3.05) is 6.61 Å². The van der Waals surface area contributed by atoms with Crippen LogP contribution in [0.15, 0.2) is 29.8 Å². The number of ether oxygens (including phenoxy) is 1. The predicted molar refractivity (Wildman–Crippen MR) is 61.7 cm³/mol. The number of rotatable bonds is 4. The first-order valence-corrected chi connectivity index (χ1v) is 4.96. The highest BCUT2D eigenvalue weighted by Gasteiger charge is 2.08. The number of halogens is 1. The van der Waals surface area contributed by atoms with Crippen LogP contribution in [0.1, 0.15) is 22.8 Å². The van der Waals surface area contributed by atoms with Crippen molar-refractivity contribution in [3.8, 4) is 5.75 Å². The minimum Gasteiger partial charge on any atom is -0.487 e. The molecule has 0 saturated carbocycles. The SMILES string of the molecule is C=C(Cl)COc1cc(C)ccc1C(C)=O. The summed E-state index contributed by atoms with van der Waals surface area (Å²) in [6.45, 7) is 7.18. The monoisotopic (exact) mass is 224 g/mol. The second kappa shape index (κ2) is 4.99. The molecule has 15 heavy (non-hydrogen) atoms. The largest absolute Gasteiger partial charge is 0.487 e. The summed E-state index contributed by atoms with van der Waals surface area (Å²) in [4.78, 5) is 11.3. The Kier molecular flexibility index (Phi) is 3.92. The van der Waals surface area contributed by atoms with Crippen LogP contribution in [0.2, 0.25) is 0 Å². The topological polar surface area (TPSA) is 26.3 Å². The van der Waals surface area contributed by atoms with Crippen LogP contribution in [0.25, 0.3) is 0 Å². The van der Waals surface area contributed by atoms with Crippen molar-refractivity contribution in [1.29, 1.82) is 0 Å². The van der Waals surface area contributed by atoms with Gasteiger partial charge in [0.15, 0.2) is 5.78 Å². The molecule has 80 valence electrons. The minimum atomic E-state index is -0.0230. The third kappa shape index (κ3) is 3.40. The van der Waals surface area contributed by atoms with E-state index in [1.807, 2.05) is 19.1 Å². The van der Waals surface area contributed by atoms with Crippen LogP contribution in [0.5, 0.6) is 5.75 Å². The predicted octanol–water partition coefficient (Wildman–Crippen LogP) is 3.33. The van der Waals surface area contributed by atoms with Crippen molar-refractivity contribution in [2.45, 2.75) is 13.8 Å². The molecule has 0 fully saturated rings. The molecule has 0 aliphatic heterocycles. The summed E-state index contributed by atoms with van der Waals surface area (Å²) >= 11 is 5.59. The van der Waals surface area contributed by atoms with Crippen LogP contribution < -0.4 is 4.74 Å². The minimum absolute atomic E-state index is 0.0230. The van der Waals surface area contributed by atoms with E-state index in [1.165, 1.54) is 6.92 Å². The molecule has 0 atom stereocenters. The van der Waals surface area contributed by atoms with Gasteiger partial charge in [-0.3, -0.25) is 4.79 Å². The van der Waals surface area contributed by atoms with E-state index in [9.17, 15) is 4.79 Å². The Bertz CT molecular complexity index is 397. The molecule has 0 N–H and O–H groups in total. The highest BCUT2D eigenvalue weighted by atomic mass is 35.5. The molecular weight excluding hydrogens is 212 g/mol. The van der Waals surface area contributed by atoms with Crippen LogP contribution in [-0.2, 0) is 0 Å². The maximum Gasteiger partial charge on any atom is 0.163 e. The molecule has 0 unspecified atom stereocenters. The summed E-state index contributed by atoms with van der Waals surface area (Å²) in [7, 11) is 0. The zero-order valence-corrected chi connectivity index (χ0v) is 9.60. The first-order chi connectivity index (χ1) is 7.00. The standard InChI is InChI=1S/C12H13ClO2/c1-8-4-5-11(10(3)14)12(6-8)15-7-9(2)13/h4-6H,2,7H2,1,3H3. The smallest absolute Gasteiger partial charge is 0.163 e. The summed E-state index contributed by atoms with van der Waals surface area (Å²) in [5.41, 5.74) is 1.61. The Morgan fingerprint density at radius 2 is 2.20 bits per heavy atom. The third-order valence-electron chi connectivity index (χ3n) is 1.90. The van der Waals surface area contributed by atoms with E-state index < -0.39 is 0 Å². The molecule has 1 rings (SSSR count). The van der Waals surface area contributed by atoms with E-state index in [-0.39, 0.29) is 12.4 Å². The maximum absolute atomic E-state index is 11.3. The van der Waals surface area contributed by atoms with Crippen LogP contribution in [-0.4, -0.2) is 12.4 Å². The lowest BCUT2D eigenvalue weighted by molar-refractivity contribution is 0.101. The second-order valence-corrected chi connectivity index (χ2v) is 3.90. The molecule has 0 aromatic heterocycles. The van der Waals surface area contributed by atoms with E-state index in [0.717, 1.165) is 5.56 Å². The Labute approximate surface area is 94.5 Å². The number of benzene rings is 1. The van der Waals surface area contributed by atoms with Gasteiger partial charge in [-0.05, 0) is 31.5 Å². The van der Waals surface area contributed by atoms with Crippen molar-refractivity contribution in [3.05, 3.63) is 40.9 Å². The summed E-state index contributed by atoms with van der Waals surface area (Å²) in [6, 6.07) is 5.44. The summed E-state index contributed by atoms with van der Waals surface area (Å²) < 4.78 is 5.39. The molecular formula is C12H13ClO2. The summed E-state index contributed by atoms with van der Waals surface area (Å²) in [5, 5.41) is 0.408. The molecule has 0 heterocycles. The zero-order chi connectivity index (χ0) is 11.4. The highest BCUT2D eigenvalue weighted by Crippen LogP contribution is 2.21. The highest BCUT2D eigenvalue weighted by molar-refractivity contribution is 6.29. The zero-order valence-electron chi connectivity index (χ0n) is 8.84. The van der Waals surface area contributed by atoms with Crippen LogP contribution in [0.4, 0.5) is 0 Å². The van der Waals surface area contributed by atoms with E-state index in [4.69, 9.17) is 16.3 Å². The van der Waals surface area contributed by atoms with Gasteiger partial charge in [0.2, 0.25) is 0 Å². The molecule has 1 aromatic rings. The van der Waals surface area contributed by atoms with Crippen molar-refractivity contribution in [3.63, 3.8) is 0 Å². The number of Topliss-reactive ketones (excluding diaryl/α,β-unsaturated/α-hetero) is 1. The van der Waals surface area contributed by atoms with Gasteiger partial charge in [-0.1, -0.05) is 24.2 Å². The summed E-state index contributed by atoms with van der Waals surface area (Å²) in [6.07, 6.45) is 0. The van der Waals surface area contributed by atoms with Crippen molar-refractivity contribution < 1.29 is 9.53 Å². The molecule has 2 nitrogen and oxygen atoms in total. The number of carbonyl (C=O) groups excluding carboxylic acids is 1. The lowest BCUT2D eigenvalue weighted by atomic mass is 10.1. The number of hydrogen-bond donors (Lipinski definition) is 0. The van der Waals surface area contributed by atoms with E-state index in [2.05, 4.69) is 6.58 Å². The molecule has 0 radical (unpaired) electrons. The lowest BCUT2D eigenvalue weighted by Gasteiger charge is -2.09. The van der Waals surface area contributed by atoms with Gasteiger partial charge in [0, 0.05) is 5.03 Å². The molecule has 0 aliphatic rings. The third-order valence-corrected chi connectivity index (χ3v) is 2.01. The first kappa shape index (κ1) is 11.8. The van der Waals surface area contributed by atoms with E-state index in [1.54, 1.807) is 6.07 Å². The quantitative estimate of drug-likeness (QED) is 0.734. The van der Waals surface area contributed by atoms with Gasteiger partial charge in [-0.15, -0.1) is 0 Å². The lowest BCUT2D eigenvalue weighted by Crippen LogP contribution is -2.03. The Morgan fingerprint density at radius 1 is 1.53 bits per heavy atom. The molecule has 0 bridgehead atoms. The Hall–Kier alpha value is -1.28. The summed E-state index contributed by atoms with van der Waals surface area (Å²) in [5.74, 6) is 0.537. The fraction of sp³-hybridized carbons (Fsp3) is 0.250. The molecule has 0 spiro atoms. The van der Waals surface area contributed by atoms with E-state index >= 15 is 0 Å². The molecule has 3 heteroatoms. The van der Waals surface area contributed by atoms with Crippen molar-refractivity contribution >= 4 is 17.4 Å². The normalized spacial score (nSPS) is 9.80. The number of carbonyl (C=O) groups is 1. The number of ketones is 1. The average Bonchev–Trinajstić information content (AvgIpc) is 2.14. The van der Waals surface area contributed by atoms with Crippen molar-refractivity contribution in [1.82, 2.24) is 0 Å². The Balaban J connectivity index is 2.96. The fourth-order valence-corrected chi connectivity index (χ4v) is 1.25. The number of hydrogen-bond acceptors (Lipinski definition) is 2. The first-order valence-electron chi connectivity index (χ1n) is 4.58. The fourth-order valence-electron chi connectivity index (χ4n) is 1.20. The van der Waals surface area contributed by atoms with Gasteiger partial charge in [0.1, 0.15) is 12.4 Å². The van der Waals surface area contributed by atoms with E-state index in [0.29, 0.717) is 16.3 Å². The van der Waals surface area contributed by atoms with Gasteiger partial charge in [0.05, 0.1) is 5.56 Å². The van der Waals surface area contributed by atoms with Gasteiger partial charge in [-0.25, -0.2) is 0 Å². The van der Waals surface area contributed by atoms with Crippen molar-refractivity contribution in [2.24, 2.45) is 0 Å². The van der Waals surface area contributed by atoms with Crippen LogP contribution >= 0.6 is 11.6 Å². The molecule has 0 aliphatic carbocycles. The molecule has 1 aromatic carbocycles. The van der Waals surface area contributed by atoms with Gasteiger partial charge in [-0.2, -0.15) is 0 Å². The average molecular weight is 225 g/mol. The number of aryl methyl sites for hydroxylation is 1. The Morgan fingerprint density at radius 3 is 2.73 bits per heavy atom.